The van der Waals surface area contributed by atoms with Gasteiger partial charge < -0.3 is 15.0 Å². The molecule has 0 atom stereocenters. The van der Waals surface area contributed by atoms with Crippen molar-refractivity contribution in [1.82, 2.24) is 4.90 Å². The molecule has 0 radical (unpaired) electrons. The molecule has 3 aromatic carbocycles. The van der Waals surface area contributed by atoms with E-state index in [2.05, 4.69) is 5.32 Å². The fraction of sp³-hybridized carbons (Fsp3) is 0.130. The molecule has 0 aliphatic heterocycles. The van der Waals surface area contributed by atoms with Gasteiger partial charge in [-0.1, -0.05) is 53.5 Å². The molecule has 2 amide bonds. The fourth-order valence-electron chi connectivity index (χ4n) is 2.92. The third-order valence-electron chi connectivity index (χ3n) is 4.36. The maximum atomic E-state index is 13.1. The maximum absolute atomic E-state index is 13.1. The van der Waals surface area contributed by atoms with Crippen molar-refractivity contribution in [3.05, 3.63) is 94.0 Å². The average molecular weight is 443 g/mol. The molecular weight excluding hydrogens is 423 g/mol. The van der Waals surface area contributed by atoms with Gasteiger partial charge in [-0.2, -0.15) is 0 Å². The first-order valence-corrected chi connectivity index (χ1v) is 9.94. The van der Waals surface area contributed by atoms with Crippen molar-refractivity contribution < 1.29 is 14.3 Å². The highest BCUT2D eigenvalue weighted by Crippen LogP contribution is 2.27. The molecule has 0 aromatic heterocycles. The molecule has 0 saturated heterocycles. The molecule has 0 fully saturated rings. The van der Waals surface area contributed by atoms with Crippen LogP contribution in [0, 0.1) is 0 Å². The number of ether oxygens (including phenoxy) is 1. The Morgan fingerprint density at radius 2 is 1.60 bits per heavy atom. The van der Waals surface area contributed by atoms with Crippen molar-refractivity contribution in [3.63, 3.8) is 0 Å². The molecule has 0 aliphatic rings. The van der Waals surface area contributed by atoms with Gasteiger partial charge >= 0.3 is 0 Å². The van der Waals surface area contributed by atoms with Crippen LogP contribution in [0.15, 0.2) is 72.8 Å². The van der Waals surface area contributed by atoms with Gasteiger partial charge in [0, 0.05) is 22.2 Å². The summed E-state index contributed by atoms with van der Waals surface area (Å²) in [5.41, 5.74) is 1.80. The summed E-state index contributed by atoms with van der Waals surface area (Å²) in [6, 6.07) is 21.0. The van der Waals surface area contributed by atoms with E-state index in [1.54, 1.807) is 42.5 Å². The molecule has 0 spiro atoms. The lowest BCUT2D eigenvalue weighted by atomic mass is 10.1. The lowest BCUT2D eigenvalue weighted by molar-refractivity contribution is -0.117. The number of rotatable bonds is 7. The van der Waals surface area contributed by atoms with Crippen LogP contribution in [0.4, 0.5) is 5.69 Å². The molecule has 0 bridgehead atoms. The van der Waals surface area contributed by atoms with Crippen molar-refractivity contribution in [1.29, 1.82) is 0 Å². The summed E-state index contributed by atoms with van der Waals surface area (Å²) in [7, 11) is 1.50. The van der Waals surface area contributed by atoms with E-state index in [0.717, 1.165) is 5.56 Å². The van der Waals surface area contributed by atoms with Crippen LogP contribution in [-0.2, 0) is 11.3 Å². The van der Waals surface area contributed by atoms with Crippen molar-refractivity contribution in [2.75, 3.05) is 19.0 Å². The summed E-state index contributed by atoms with van der Waals surface area (Å²) < 4.78 is 5.26. The van der Waals surface area contributed by atoms with Crippen LogP contribution in [-0.4, -0.2) is 30.4 Å². The summed E-state index contributed by atoms with van der Waals surface area (Å²) in [6.45, 7) is 0.133. The quantitative estimate of drug-likeness (QED) is 0.541. The summed E-state index contributed by atoms with van der Waals surface area (Å²) in [5, 5.41) is 3.77. The Morgan fingerprint density at radius 3 is 2.27 bits per heavy atom. The van der Waals surface area contributed by atoms with Crippen LogP contribution in [0.5, 0.6) is 5.75 Å². The lowest BCUT2D eigenvalue weighted by Gasteiger charge is -2.23. The molecular formula is C23H20Cl2N2O3. The van der Waals surface area contributed by atoms with E-state index < -0.39 is 0 Å². The molecule has 7 heteroatoms. The molecule has 0 aliphatic carbocycles. The Labute approximate surface area is 185 Å². The first-order valence-electron chi connectivity index (χ1n) is 9.18. The number of hydrogen-bond acceptors (Lipinski definition) is 3. The molecule has 3 aromatic rings. The van der Waals surface area contributed by atoms with Crippen LogP contribution >= 0.6 is 23.2 Å². The number of nitrogens with zero attached hydrogens (tertiary/aromatic N) is 1. The zero-order chi connectivity index (χ0) is 21.5. The van der Waals surface area contributed by atoms with Gasteiger partial charge in [-0.15, -0.1) is 0 Å². The van der Waals surface area contributed by atoms with E-state index in [1.165, 1.54) is 12.0 Å². The first-order chi connectivity index (χ1) is 14.5. The number of carbonyl (C=O) groups excluding carboxylic acids is 2. The van der Waals surface area contributed by atoms with Gasteiger partial charge in [0.1, 0.15) is 12.3 Å². The van der Waals surface area contributed by atoms with Gasteiger partial charge in [0.2, 0.25) is 5.91 Å². The van der Waals surface area contributed by atoms with Gasteiger partial charge in [-0.25, -0.2) is 0 Å². The van der Waals surface area contributed by atoms with Crippen molar-refractivity contribution >= 4 is 40.7 Å². The zero-order valence-corrected chi connectivity index (χ0v) is 17.8. The highest BCUT2D eigenvalue weighted by atomic mass is 35.5. The Morgan fingerprint density at radius 1 is 0.933 bits per heavy atom. The van der Waals surface area contributed by atoms with E-state index in [0.29, 0.717) is 27.0 Å². The number of methoxy groups -OCH3 is 1. The summed E-state index contributed by atoms with van der Waals surface area (Å²) >= 11 is 12.0. The summed E-state index contributed by atoms with van der Waals surface area (Å²) in [4.78, 5) is 27.3. The SMILES string of the molecule is COc1ccc(Cl)cc1NC(=O)CN(Cc1ccccc1)C(=O)c1ccc(Cl)cc1. The number of benzene rings is 3. The van der Waals surface area contributed by atoms with Gasteiger partial charge in [-0.3, -0.25) is 9.59 Å². The molecule has 30 heavy (non-hydrogen) atoms. The standard InChI is InChI=1S/C23H20Cl2N2O3/c1-30-21-12-11-19(25)13-20(21)26-22(28)15-27(14-16-5-3-2-4-6-16)23(29)17-7-9-18(24)10-8-17/h2-13H,14-15H2,1H3,(H,26,28). The minimum absolute atomic E-state index is 0.147. The third kappa shape index (κ3) is 5.75. The number of anilines is 1. The molecule has 1 N–H and O–H groups in total. The van der Waals surface area contributed by atoms with Crippen LogP contribution in [0.1, 0.15) is 15.9 Å². The third-order valence-corrected chi connectivity index (χ3v) is 4.85. The maximum Gasteiger partial charge on any atom is 0.254 e. The second-order valence-electron chi connectivity index (χ2n) is 6.55. The minimum Gasteiger partial charge on any atom is -0.495 e. The molecule has 0 saturated carbocycles. The predicted octanol–water partition coefficient (Wildman–Crippen LogP) is 5.28. The Bertz CT molecular complexity index is 1020. The van der Waals surface area contributed by atoms with E-state index in [4.69, 9.17) is 27.9 Å². The number of hydrogen-bond donors (Lipinski definition) is 1. The number of amides is 2. The van der Waals surface area contributed by atoms with E-state index >= 15 is 0 Å². The normalized spacial score (nSPS) is 10.4. The first kappa shape index (κ1) is 21.7. The smallest absolute Gasteiger partial charge is 0.254 e. The second kappa shape index (κ2) is 10.1. The molecule has 0 heterocycles. The van der Waals surface area contributed by atoms with E-state index in [1.807, 2.05) is 30.3 Å². The Kier molecular flexibility index (Phi) is 7.33. The van der Waals surface area contributed by atoms with Crippen molar-refractivity contribution in [3.8, 4) is 5.75 Å². The zero-order valence-electron chi connectivity index (χ0n) is 16.3. The Balaban J connectivity index is 1.81. The van der Waals surface area contributed by atoms with Gasteiger partial charge in [0.25, 0.3) is 5.91 Å². The van der Waals surface area contributed by atoms with Crippen LogP contribution < -0.4 is 10.1 Å². The second-order valence-corrected chi connectivity index (χ2v) is 7.42. The highest BCUT2D eigenvalue weighted by molar-refractivity contribution is 6.31. The van der Waals surface area contributed by atoms with E-state index in [9.17, 15) is 9.59 Å². The van der Waals surface area contributed by atoms with Gasteiger partial charge in [-0.05, 0) is 48.0 Å². The number of nitrogens with one attached hydrogen (secondary N) is 1. The molecule has 5 nitrogen and oxygen atoms in total. The van der Waals surface area contributed by atoms with Gasteiger partial charge in [0.05, 0.1) is 12.8 Å². The predicted molar refractivity (Wildman–Crippen MR) is 119 cm³/mol. The average Bonchev–Trinajstić information content (AvgIpc) is 2.74. The topological polar surface area (TPSA) is 58.6 Å². The van der Waals surface area contributed by atoms with Crippen LogP contribution in [0.25, 0.3) is 0 Å². The summed E-state index contributed by atoms with van der Waals surface area (Å²) in [5.74, 6) is -0.163. The summed E-state index contributed by atoms with van der Waals surface area (Å²) in [6.07, 6.45) is 0. The van der Waals surface area contributed by atoms with Crippen molar-refractivity contribution in [2.24, 2.45) is 0 Å². The van der Waals surface area contributed by atoms with Crippen LogP contribution in [0.3, 0.4) is 0 Å². The fourth-order valence-corrected chi connectivity index (χ4v) is 3.22. The highest BCUT2D eigenvalue weighted by Gasteiger charge is 2.20. The minimum atomic E-state index is -0.367. The monoisotopic (exact) mass is 442 g/mol. The Hall–Kier alpha value is -3.02. The number of halogens is 2. The van der Waals surface area contributed by atoms with E-state index in [-0.39, 0.29) is 24.9 Å². The van der Waals surface area contributed by atoms with Crippen molar-refractivity contribution in [2.45, 2.75) is 6.54 Å². The number of carbonyl (C=O) groups is 2. The molecule has 154 valence electrons. The molecule has 3 rings (SSSR count). The molecule has 0 unspecified atom stereocenters. The lowest BCUT2D eigenvalue weighted by Crippen LogP contribution is -2.37. The largest absolute Gasteiger partial charge is 0.495 e. The van der Waals surface area contributed by atoms with Gasteiger partial charge in [0.15, 0.2) is 0 Å². The van der Waals surface area contributed by atoms with Crippen LogP contribution in [0.2, 0.25) is 10.0 Å².